The van der Waals surface area contributed by atoms with E-state index in [2.05, 4.69) is 59.1 Å². The molecule has 314 valence electrons. The second kappa shape index (κ2) is 17.0. The summed E-state index contributed by atoms with van der Waals surface area (Å²) in [5.74, 6) is -0.301. The van der Waals surface area contributed by atoms with Gasteiger partial charge in [-0.1, -0.05) is 83.1 Å². The van der Waals surface area contributed by atoms with Gasteiger partial charge in [-0.25, -0.2) is 4.79 Å². The Kier molecular flexibility index (Phi) is 14.1. The zero-order valence-corrected chi connectivity index (χ0v) is 33.8. The Bertz CT molecular complexity index is 1700. The van der Waals surface area contributed by atoms with Gasteiger partial charge in [0.05, 0.1) is 0 Å². The summed E-state index contributed by atoms with van der Waals surface area (Å²) in [6, 6.07) is 7.89. The Hall–Kier alpha value is -3.79. The summed E-state index contributed by atoms with van der Waals surface area (Å²) in [5, 5.41) is 45.1. The fraction of sp³-hybridized carbons (Fsp3) is 0.674. The smallest absolute Gasteiger partial charge is 0.314 e. The van der Waals surface area contributed by atoms with E-state index < -0.39 is 0 Å². The first-order valence-electron chi connectivity index (χ1n) is 19.9. The zero-order chi connectivity index (χ0) is 40.1. The fourth-order valence-corrected chi connectivity index (χ4v) is 12.2. The molecule has 4 saturated carbocycles. The normalized spacial score (nSPS) is 34.0. The predicted octanol–water partition coefficient (Wildman–Crippen LogP) is 9.44. The van der Waals surface area contributed by atoms with E-state index in [0.717, 1.165) is 44.9 Å². The summed E-state index contributed by atoms with van der Waals surface area (Å²) < 4.78 is 0. The Balaban J connectivity index is 0.000000293. The molecule has 10 atom stereocenters. The van der Waals surface area contributed by atoms with Crippen molar-refractivity contribution in [1.82, 2.24) is 10.6 Å². The van der Waals surface area contributed by atoms with Crippen LogP contribution in [-0.2, 0) is 0 Å². The van der Waals surface area contributed by atoms with Crippen LogP contribution in [0, 0.1) is 57.2 Å². The minimum absolute atomic E-state index is 0. The largest absolute Gasteiger partial charge is 0.508 e. The van der Waals surface area contributed by atoms with Crippen LogP contribution in [0.2, 0.25) is 0 Å². The standard InChI is InChI=1S/C23H34N2O4.C21H31NO3.2CH4/c1-13-17(25-21(29)24-5)12-18-22(2,3)7-6-8-23(18,4)19(13)20(28)14-9-15(26)11-16(27)10-14;1-12-16(22)11-17-20(2,3)6-5-7-21(17,4)18(12)19(25)13-8-14(23)10-15(24)9-13;;/h9-11,13,17-19,26-27H,6-8,12H2,1-5H3,(H2,24,25,29);8-10,12,16-18,23-24H,5-7,11,22H2,1-4H3;2*1H4/t13-,17-,18+,19-,23+;12-,16-,17+,18-,21+;;/m11../s1. The number of benzene rings is 2. The molecule has 4 aliphatic carbocycles. The third-order valence-electron chi connectivity index (χ3n) is 14.8. The molecule has 10 nitrogen and oxygen atoms in total. The molecule has 0 saturated heterocycles. The topological polar surface area (TPSA) is 182 Å². The molecule has 0 aromatic heterocycles. The molecule has 0 spiro atoms. The van der Waals surface area contributed by atoms with Gasteiger partial charge in [-0.15, -0.1) is 0 Å². The highest BCUT2D eigenvalue weighted by Crippen LogP contribution is 2.63. The van der Waals surface area contributed by atoms with Gasteiger partial charge in [0.25, 0.3) is 0 Å². The summed E-state index contributed by atoms with van der Waals surface area (Å²) in [6.07, 6.45) is 8.24. The molecule has 0 bridgehead atoms. The second-order valence-corrected chi connectivity index (χ2v) is 19.1. The summed E-state index contributed by atoms with van der Waals surface area (Å²) in [4.78, 5) is 39.3. The first kappa shape index (κ1) is 46.6. The fourth-order valence-electron chi connectivity index (χ4n) is 12.2. The third kappa shape index (κ3) is 8.70. The lowest BCUT2D eigenvalue weighted by molar-refractivity contribution is -0.0898. The van der Waals surface area contributed by atoms with Crippen molar-refractivity contribution in [3.8, 4) is 23.0 Å². The number of phenols is 4. The van der Waals surface area contributed by atoms with E-state index in [1.807, 2.05) is 6.92 Å². The van der Waals surface area contributed by atoms with Crippen LogP contribution in [0.15, 0.2) is 36.4 Å². The van der Waals surface area contributed by atoms with E-state index in [1.165, 1.54) is 42.8 Å². The number of ketones is 2. The molecule has 2 aromatic rings. The van der Waals surface area contributed by atoms with Gasteiger partial charge in [-0.2, -0.15) is 0 Å². The van der Waals surface area contributed by atoms with Crippen LogP contribution < -0.4 is 16.4 Å². The van der Waals surface area contributed by atoms with Crippen LogP contribution in [-0.4, -0.2) is 57.2 Å². The van der Waals surface area contributed by atoms with Crippen LogP contribution in [0.25, 0.3) is 0 Å². The van der Waals surface area contributed by atoms with Gasteiger partial charge in [0.2, 0.25) is 0 Å². The number of aromatic hydroxyl groups is 4. The number of Topliss-reactive ketones (excluding diaryl/α,β-unsaturated/α-hetero) is 2. The number of hydrogen-bond acceptors (Lipinski definition) is 8. The first-order chi connectivity index (χ1) is 25.1. The van der Waals surface area contributed by atoms with Crippen molar-refractivity contribution < 1.29 is 34.8 Å². The summed E-state index contributed by atoms with van der Waals surface area (Å²) in [7, 11) is 1.59. The number of hydrogen-bond donors (Lipinski definition) is 7. The monoisotopic (exact) mass is 780 g/mol. The van der Waals surface area contributed by atoms with Crippen LogP contribution in [0.1, 0.15) is 142 Å². The molecular formula is C46H73N3O7. The van der Waals surface area contributed by atoms with Gasteiger partial charge < -0.3 is 36.8 Å². The van der Waals surface area contributed by atoms with Crippen molar-refractivity contribution >= 4 is 17.6 Å². The minimum Gasteiger partial charge on any atom is -0.508 e. The van der Waals surface area contributed by atoms with Crippen molar-refractivity contribution in [2.75, 3.05) is 7.05 Å². The van der Waals surface area contributed by atoms with E-state index in [1.54, 1.807) is 7.05 Å². The number of urea groups is 1. The van der Waals surface area contributed by atoms with E-state index >= 15 is 0 Å². The Morgan fingerprint density at radius 3 is 1.39 bits per heavy atom. The van der Waals surface area contributed by atoms with Gasteiger partial charge in [0.15, 0.2) is 11.6 Å². The Morgan fingerprint density at radius 1 is 0.625 bits per heavy atom. The van der Waals surface area contributed by atoms with Crippen molar-refractivity contribution in [3.05, 3.63) is 47.5 Å². The highest BCUT2D eigenvalue weighted by atomic mass is 16.3. The maximum absolute atomic E-state index is 13.7. The van der Waals surface area contributed by atoms with E-state index in [4.69, 9.17) is 5.73 Å². The van der Waals surface area contributed by atoms with E-state index in [0.29, 0.717) is 17.0 Å². The zero-order valence-electron chi connectivity index (χ0n) is 33.8. The lowest BCUT2D eigenvalue weighted by atomic mass is 9.45. The third-order valence-corrected chi connectivity index (χ3v) is 14.8. The number of amides is 2. The molecule has 6 rings (SSSR count). The average molecular weight is 780 g/mol. The maximum atomic E-state index is 13.7. The van der Waals surface area contributed by atoms with Crippen LogP contribution >= 0.6 is 0 Å². The Labute approximate surface area is 336 Å². The SMILES string of the molecule is C.C.CNC(=O)N[C@@H]1C[C@H]2C(C)(C)CCC[C@]2(C)[C@@H](C(=O)c2cc(O)cc(O)c2)[C@@H]1C.C[C@@H]1[C@H](N)C[C@H]2C(C)(C)CCC[C@]2(C)[C@H]1C(=O)c1cc(O)cc(O)c1. The Morgan fingerprint density at radius 2 is 1.00 bits per heavy atom. The van der Waals surface area contributed by atoms with Crippen molar-refractivity contribution in [3.63, 3.8) is 0 Å². The van der Waals surface area contributed by atoms with Gasteiger partial charge in [-0.05, 0) is 108 Å². The molecule has 0 unspecified atom stereocenters. The molecular weight excluding hydrogens is 707 g/mol. The number of carbonyl (C=O) groups excluding carboxylic acids is 3. The van der Waals surface area contributed by atoms with Crippen molar-refractivity contribution in [2.45, 2.75) is 134 Å². The molecule has 2 amide bonds. The minimum atomic E-state index is -0.316. The number of carbonyl (C=O) groups is 3. The van der Waals surface area contributed by atoms with Gasteiger partial charge >= 0.3 is 6.03 Å². The molecule has 8 N–H and O–H groups in total. The molecule has 2 aromatic carbocycles. The highest BCUT2D eigenvalue weighted by molar-refractivity contribution is 6.00. The summed E-state index contributed by atoms with van der Waals surface area (Å²) in [5.41, 5.74) is 7.11. The number of nitrogens with two attached hydrogens (primary N) is 1. The van der Waals surface area contributed by atoms with Crippen molar-refractivity contribution in [2.24, 2.45) is 62.9 Å². The molecule has 4 aliphatic rings. The van der Waals surface area contributed by atoms with Crippen LogP contribution in [0.3, 0.4) is 0 Å². The van der Waals surface area contributed by atoms with Gasteiger partial charge in [0, 0.05) is 54.2 Å². The second-order valence-electron chi connectivity index (χ2n) is 19.1. The summed E-state index contributed by atoms with van der Waals surface area (Å²) in [6.45, 7) is 17.7. The quantitative estimate of drug-likeness (QED) is 0.147. The highest BCUT2D eigenvalue weighted by Gasteiger charge is 2.60. The molecule has 0 heterocycles. The molecule has 0 radical (unpaired) electrons. The number of nitrogens with one attached hydrogen (secondary N) is 2. The molecule has 0 aliphatic heterocycles. The summed E-state index contributed by atoms with van der Waals surface area (Å²) >= 11 is 0. The number of phenolic OH excluding ortho intramolecular Hbond substituents is 4. The van der Waals surface area contributed by atoms with Crippen LogP contribution in [0.4, 0.5) is 4.79 Å². The lowest BCUT2D eigenvalue weighted by Gasteiger charge is -2.60. The number of fused-ring (bicyclic) bond motifs is 2. The predicted molar refractivity (Wildman–Crippen MR) is 224 cm³/mol. The molecule has 56 heavy (non-hydrogen) atoms. The van der Waals surface area contributed by atoms with Gasteiger partial charge in [0.1, 0.15) is 23.0 Å². The van der Waals surface area contributed by atoms with E-state index in [9.17, 15) is 34.8 Å². The lowest BCUT2D eigenvalue weighted by Crippen LogP contribution is -2.61. The van der Waals surface area contributed by atoms with Crippen LogP contribution in [0.5, 0.6) is 23.0 Å². The van der Waals surface area contributed by atoms with E-state index in [-0.39, 0.29) is 119 Å². The maximum Gasteiger partial charge on any atom is 0.314 e. The van der Waals surface area contributed by atoms with Crippen molar-refractivity contribution in [1.29, 1.82) is 0 Å². The van der Waals surface area contributed by atoms with Gasteiger partial charge in [-0.3, -0.25) is 9.59 Å². The average Bonchev–Trinajstić information content (AvgIpc) is 3.05. The number of rotatable bonds is 5. The molecule has 4 fully saturated rings. The first-order valence-corrected chi connectivity index (χ1v) is 19.9. The molecule has 10 heteroatoms.